The second kappa shape index (κ2) is 6.13. The number of hydrogen-bond donors (Lipinski definition) is 1. The van der Waals surface area contributed by atoms with E-state index in [0.29, 0.717) is 12.1 Å². The number of hydrogen-bond acceptors (Lipinski definition) is 4. The van der Waals surface area contributed by atoms with Crippen LogP contribution in [0.5, 0.6) is 0 Å². The largest absolute Gasteiger partial charge is 0.389 e. The van der Waals surface area contributed by atoms with E-state index in [1.807, 2.05) is 0 Å². The topological polar surface area (TPSA) is 83.7 Å². The molecule has 21 heavy (non-hydrogen) atoms. The minimum Gasteiger partial charge on any atom is -0.389 e. The molecule has 1 N–H and O–H groups in total. The molecule has 0 saturated heterocycles. The van der Waals surface area contributed by atoms with Crippen molar-refractivity contribution in [3.8, 4) is 0 Å². The average Bonchev–Trinajstić information content (AvgIpc) is 2.36. The van der Waals surface area contributed by atoms with Crippen molar-refractivity contribution in [1.29, 1.82) is 0 Å². The van der Waals surface area contributed by atoms with E-state index in [2.05, 4.69) is 0 Å². The fraction of sp³-hybridized carbons (Fsp3) is 0.462. The van der Waals surface area contributed by atoms with Gasteiger partial charge in [-0.2, -0.15) is 0 Å². The lowest BCUT2D eigenvalue weighted by atomic mass is 10.1. The summed E-state index contributed by atoms with van der Waals surface area (Å²) < 4.78 is 26.4. The second-order valence-electron chi connectivity index (χ2n) is 5.17. The summed E-state index contributed by atoms with van der Waals surface area (Å²) in [4.78, 5) is 23.3. The van der Waals surface area contributed by atoms with E-state index in [1.54, 1.807) is 6.92 Å². The molecule has 0 saturated carbocycles. The maximum absolute atomic E-state index is 13.3. The van der Waals surface area contributed by atoms with Gasteiger partial charge in [0.15, 0.2) is 11.6 Å². The molecule has 1 rings (SSSR count). The van der Waals surface area contributed by atoms with Crippen LogP contribution >= 0.6 is 0 Å². The number of amides is 1. The van der Waals surface area contributed by atoms with Crippen LogP contribution in [0.25, 0.3) is 0 Å². The molecule has 1 aromatic carbocycles. The van der Waals surface area contributed by atoms with Crippen LogP contribution in [0.4, 0.5) is 14.5 Å². The molecule has 6 nitrogen and oxygen atoms in total. The number of nitrogens with zero attached hydrogens (tertiary/aromatic N) is 2. The van der Waals surface area contributed by atoms with Crippen LogP contribution in [0, 0.1) is 21.7 Å². The molecule has 8 heteroatoms. The minimum absolute atomic E-state index is 0.0987. The van der Waals surface area contributed by atoms with Gasteiger partial charge in [-0.15, -0.1) is 0 Å². The van der Waals surface area contributed by atoms with E-state index in [4.69, 9.17) is 0 Å². The van der Waals surface area contributed by atoms with Crippen molar-refractivity contribution < 1.29 is 23.6 Å². The molecule has 0 bridgehead atoms. The Bertz CT molecular complexity index is 570. The normalized spacial score (nSPS) is 11.3. The standard InChI is InChI=1S/C13H16F2N2O4/c1-4-16(7-13(2,3)19)12(18)8-5-9(14)10(15)6-11(8)17(20)21/h5-6,19H,4,7H2,1-3H3. The summed E-state index contributed by atoms with van der Waals surface area (Å²) in [6, 6.07) is 0.878. The first kappa shape index (κ1) is 17.0. The number of likely N-dealkylation sites (N-methyl/N-ethyl adjacent to an activating group) is 1. The molecule has 116 valence electrons. The molecule has 1 amide bonds. The highest BCUT2D eigenvalue weighted by molar-refractivity contribution is 5.98. The van der Waals surface area contributed by atoms with Crippen molar-refractivity contribution in [2.24, 2.45) is 0 Å². The molecule has 0 unspecified atom stereocenters. The Hall–Kier alpha value is -2.09. The van der Waals surface area contributed by atoms with Crippen LogP contribution in [0.3, 0.4) is 0 Å². The van der Waals surface area contributed by atoms with E-state index in [1.165, 1.54) is 13.8 Å². The first-order chi connectivity index (χ1) is 9.56. The van der Waals surface area contributed by atoms with Gasteiger partial charge in [-0.3, -0.25) is 14.9 Å². The molecule has 0 heterocycles. The average molecular weight is 302 g/mol. The number of benzene rings is 1. The SMILES string of the molecule is CCN(CC(C)(C)O)C(=O)c1cc(F)c(F)cc1[N+](=O)[O-]. The third-order valence-electron chi connectivity index (χ3n) is 2.71. The van der Waals surface area contributed by atoms with Crippen LogP contribution in [0.1, 0.15) is 31.1 Å². The Morgan fingerprint density at radius 1 is 1.38 bits per heavy atom. The first-order valence-electron chi connectivity index (χ1n) is 6.22. The van der Waals surface area contributed by atoms with Gasteiger partial charge in [0, 0.05) is 13.1 Å². The van der Waals surface area contributed by atoms with Crippen LogP contribution < -0.4 is 0 Å². The molecule has 0 spiro atoms. The fourth-order valence-electron chi connectivity index (χ4n) is 1.82. The number of nitro benzene ring substituents is 1. The third kappa shape index (κ3) is 4.19. The van der Waals surface area contributed by atoms with Crippen molar-refractivity contribution in [1.82, 2.24) is 4.90 Å². The van der Waals surface area contributed by atoms with Crippen molar-refractivity contribution in [3.63, 3.8) is 0 Å². The van der Waals surface area contributed by atoms with Gasteiger partial charge >= 0.3 is 0 Å². The number of nitro groups is 1. The van der Waals surface area contributed by atoms with Crippen LogP contribution in [0.2, 0.25) is 0 Å². The van der Waals surface area contributed by atoms with Gasteiger partial charge in [0.25, 0.3) is 11.6 Å². The lowest BCUT2D eigenvalue weighted by molar-refractivity contribution is -0.385. The summed E-state index contributed by atoms with van der Waals surface area (Å²) in [6.07, 6.45) is 0. The summed E-state index contributed by atoms with van der Waals surface area (Å²) in [5.41, 5.74) is -2.59. The van der Waals surface area contributed by atoms with Gasteiger partial charge in [-0.05, 0) is 26.8 Å². The smallest absolute Gasteiger partial charge is 0.285 e. The summed E-state index contributed by atoms with van der Waals surface area (Å²) >= 11 is 0. The van der Waals surface area contributed by atoms with Crippen molar-refractivity contribution >= 4 is 11.6 Å². The van der Waals surface area contributed by atoms with E-state index in [0.717, 1.165) is 4.90 Å². The Morgan fingerprint density at radius 3 is 2.33 bits per heavy atom. The molecular weight excluding hydrogens is 286 g/mol. The van der Waals surface area contributed by atoms with Crippen LogP contribution in [-0.2, 0) is 0 Å². The van der Waals surface area contributed by atoms with Crippen molar-refractivity contribution in [2.45, 2.75) is 26.4 Å². The predicted octanol–water partition coefficient (Wildman–Crippen LogP) is 2.11. The first-order valence-corrected chi connectivity index (χ1v) is 6.22. The zero-order valence-electron chi connectivity index (χ0n) is 11.9. The molecule has 0 atom stereocenters. The number of carbonyl (C=O) groups excluding carboxylic acids is 1. The number of carbonyl (C=O) groups is 1. The summed E-state index contributed by atoms with van der Waals surface area (Å²) in [5, 5.41) is 20.6. The maximum Gasteiger partial charge on any atom is 0.285 e. The van der Waals surface area contributed by atoms with E-state index in [9.17, 15) is 28.8 Å². The summed E-state index contributed by atoms with van der Waals surface area (Å²) in [7, 11) is 0. The molecule has 0 aromatic heterocycles. The molecule has 0 aliphatic heterocycles. The zero-order valence-corrected chi connectivity index (χ0v) is 11.9. The Balaban J connectivity index is 3.27. The number of rotatable bonds is 5. The van der Waals surface area contributed by atoms with E-state index in [-0.39, 0.29) is 13.1 Å². The molecule has 0 aliphatic carbocycles. The van der Waals surface area contributed by atoms with Gasteiger partial charge in [0.2, 0.25) is 0 Å². The Kier molecular flexibility index (Phi) is 4.95. The van der Waals surface area contributed by atoms with Gasteiger partial charge < -0.3 is 10.0 Å². The molecule has 0 aliphatic rings. The third-order valence-corrected chi connectivity index (χ3v) is 2.71. The zero-order chi connectivity index (χ0) is 16.4. The number of aliphatic hydroxyl groups is 1. The molecule has 0 fully saturated rings. The minimum atomic E-state index is -1.40. The Morgan fingerprint density at radius 2 is 1.90 bits per heavy atom. The van der Waals surface area contributed by atoms with Gasteiger partial charge in [-0.25, -0.2) is 8.78 Å². The highest BCUT2D eigenvalue weighted by Gasteiger charge is 2.29. The monoisotopic (exact) mass is 302 g/mol. The molecule has 1 aromatic rings. The van der Waals surface area contributed by atoms with Crippen LogP contribution in [-0.4, -0.2) is 39.5 Å². The molecule has 0 radical (unpaired) electrons. The molecular formula is C13H16F2N2O4. The summed E-state index contributed by atoms with van der Waals surface area (Å²) in [6.45, 7) is 4.58. The van der Waals surface area contributed by atoms with Gasteiger partial charge in [0.1, 0.15) is 5.56 Å². The van der Waals surface area contributed by atoms with Crippen molar-refractivity contribution in [3.05, 3.63) is 39.4 Å². The lowest BCUT2D eigenvalue weighted by Gasteiger charge is -2.28. The fourth-order valence-corrected chi connectivity index (χ4v) is 1.82. The highest BCUT2D eigenvalue weighted by atomic mass is 19.2. The maximum atomic E-state index is 13.3. The summed E-state index contributed by atoms with van der Waals surface area (Å²) in [5.74, 6) is -3.59. The predicted molar refractivity (Wildman–Crippen MR) is 70.9 cm³/mol. The van der Waals surface area contributed by atoms with Gasteiger partial charge in [-0.1, -0.05) is 0 Å². The van der Waals surface area contributed by atoms with E-state index < -0.39 is 39.3 Å². The number of halogens is 2. The second-order valence-corrected chi connectivity index (χ2v) is 5.17. The van der Waals surface area contributed by atoms with Crippen LogP contribution in [0.15, 0.2) is 12.1 Å². The highest BCUT2D eigenvalue weighted by Crippen LogP contribution is 2.24. The quantitative estimate of drug-likeness (QED) is 0.667. The Labute approximate surface area is 120 Å². The van der Waals surface area contributed by atoms with Crippen molar-refractivity contribution in [2.75, 3.05) is 13.1 Å². The van der Waals surface area contributed by atoms with E-state index >= 15 is 0 Å². The lowest BCUT2D eigenvalue weighted by Crippen LogP contribution is -2.42. The van der Waals surface area contributed by atoms with Gasteiger partial charge in [0.05, 0.1) is 16.6 Å².